The molecule has 12 nitrogen and oxygen atoms in total. The van der Waals surface area contributed by atoms with Crippen molar-refractivity contribution in [2.24, 2.45) is 0 Å². The number of pyridine rings is 1. The number of nitrogens with zero attached hydrogens (tertiary/aromatic N) is 7. The van der Waals surface area contributed by atoms with Crippen LogP contribution in [0.2, 0.25) is 0 Å². The van der Waals surface area contributed by atoms with Gasteiger partial charge in [-0.05, 0) is 92.2 Å². The molecule has 292 valence electrons. The van der Waals surface area contributed by atoms with Gasteiger partial charge in [0.15, 0.2) is 17.7 Å². The Bertz CT molecular complexity index is 2520. The van der Waals surface area contributed by atoms with Crippen LogP contribution in [-0.4, -0.2) is 72.6 Å². The summed E-state index contributed by atoms with van der Waals surface area (Å²) in [7, 11) is 0. The lowest BCUT2D eigenvalue weighted by molar-refractivity contribution is -0.0366. The molecule has 1 N–H and O–H groups in total. The van der Waals surface area contributed by atoms with Gasteiger partial charge >= 0.3 is 12.1 Å². The van der Waals surface area contributed by atoms with Crippen LogP contribution in [-0.2, 0) is 17.8 Å². The summed E-state index contributed by atoms with van der Waals surface area (Å²) in [5.74, 6) is 1.60. The monoisotopic (exact) mass is 769 g/mol. The van der Waals surface area contributed by atoms with Gasteiger partial charge in [0, 0.05) is 53.9 Å². The van der Waals surface area contributed by atoms with E-state index in [4.69, 9.17) is 29.3 Å². The van der Waals surface area contributed by atoms with Crippen LogP contribution in [0.3, 0.4) is 0 Å². The van der Waals surface area contributed by atoms with Gasteiger partial charge in [0.2, 0.25) is 0 Å². The Morgan fingerprint density at radius 2 is 1.86 bits per heavy atom. The number of likely N-dealkylation sites (tertiary alicyclic amines) is 1. The summed E-state index contributed by atoms with van der Waals surface area (Å²) in [5, 5.41) is 16.4. The van der Waals surface area contributed by atoms with Crippen molar-refractivity contribution in [1.29, 1.82) is 0 Å². The topological polar surface area (TPSA) is 128 Å². The van der Waals surface area contributed by atoms with Crippen LogP contribution < -0.4 is 14.4 Å². The lowest BCUT2D eigenvalue weighted by Crippen LogP contribution is -2.48. The number of aromatic nitrogens is 5. The molecule has 1 amide bonds. The van der Waals surface area contributed by atoms with Crippen LogP contribution in [0.25, 0.3) is 32.9 Å². The SMILES string of the molecule is CCc1ccncc1Oc1nc(N2C[C@@H]3C[C@H]2CN3C(=O)O)c2cc(C3CC3)c(-c3c(C)c(F)cc4c3cnn4C3CCCCO3)c(OCc3ccccc3)c2n1. The number of carboxylic acid groups (broad SMARTS) is 1. The highest BCUT2D eigenvalue weighted by molar-refractivity contribution is 6.06. The Labute approximate surface area is 329 Å². The van der Waals surface area contributed by atoms with E-state index in [0.717, 1.165) is 70.7 Å². The number of carbonyl (C=O) groups is 1. The number of benzene rings is 3. The first-order chi connectivity index (χ1) is 27.9. The Balaban J connectivity index is 1.24. The van der Waals surface area contributed by atoms with Crippen molar-refractivity contribution in [3.63, 3.8) is 0 Å². The third-order valence-corrected chi connectivity index (χ3v) is 12.2. The second-order valence-corrected chi connectivity index (χ2v) is 15.7. The van der Waals surface area contributed by atoms with Crippen molar-refractivity contribution in [3.8, 4) is 28.6 Å². The Hall–Kier alpha value is -5.82. The molecule has 6 aromatic rings. The van der Waals surface area contributed by atoms with Crippen molar-refractivity contribution < 1.29 is 28.5 Å². The highest BCUT2D eigenvalue weighted by atomic mass is 19.1. The van der Waals surface area contributed by atoms with Gasteiger partial charge in [-0.2, -0.15) is 15.1 Å². The fourth-order valence-electron chi connectivity index (χ4n) is 9.11. The van der Waals surface area contributed by atoms with E-state index in [1.165, 1.54) is 4.90 Å². The summed E-state index contributed by atoms with van der Waals surface area (Å²) in [6.45, 7) is 5.62. The van der Waals surface area contributed by atoms with Crippen LogP contribution in [0.1, 0.15) is 79.8 Å². The molecule has 2 bridgehead atoms. The number of hydrogen-bond acceptors (Lipinski definition) is 9. The smallest absolute Gasteiger partial charge is 0.407 e. The highest BCUT2D eigenvalue weighted by Crippen LogP contribution is 2.54. The summed E-state index contributed by atoms with van der Waals surface area (Å²) < 4.78 is 38.0. The second kappa shape index (κ2) is 14.3. The molecular weight excluding hydrogens is 726 g/mol. The van der Waals surface area contributed by atoms with E-state index in [1.54, 1.807) is 18.5 Å². The third kappa shape index (κ3) is 6.28. The fourth-order valence-corrected chi connectivity index (χ4v) is 9.11. The number of aryl methyl sites for hydroxylation is 1. The number of amides is 1. The van der Waals surface area contributed by atoms with Gasteiger partial charge in [0.05, 0.1) is 30.0 Å². The standard InChI is InChI=1S/C44H44FN7O5/c1-3-27-14-15-46-21-36(27)57-43-48-40-32(42(49-43)50-22-30-17-29(50)23-51(30)44(53)54)18-31(28-12-13-28)39(41(40)56-24-26-9-5-4-6-10-26)38-25(2)34(45)19-35-33(38)20-47-52(35)37-11-7-8-16-55-37/h4-6,9-10,14-15,18-21,28-30,37H,3,7-8,11-13,16-17,22-24H2,1-2H3,(H,53,54)/t29-,30-,37?/m0/s1. The number of anilines is 1. The largest absolute Gasteiger partial charge is 0.486 e. The molecule has 3 saturated heterocycles. The molecule has 0 radical (unpaired) electrons. The average molecular weight is 770 g/mol. The van der Waals surface area contributed by atoms with Crippen LogP contribution in [0.5, 0.6) is 17.5 Å². The molecule has 1 aliphatic carbocycles. The Kier molecular flexibility index (Phi) is 8.92. The predicted molar refractivity (Wildman–Crippen MR) is 213 cm³/mol. The number of rotatable bonds is 10. The van der Waals surface area contributed by atoms with E-state index in [1.807, 2.05) is 54.2 Å². The fraction of sp³-hybridized carbons (Fsp3) is 0.386. The van der Waals surface area contributed by atoms with Gasteiger partial charge in [0.25, 0.3) is 0 Å². The van der Waals surface area contributed by atoms with Gasteiger partial charge < -0.3 is 29.1 Å². The van der Waals surface area contributed by atoms with Crippen molar-refractivity contribution in [2.45, 2.75) is 89.6 Å². The first-order valence-corrected chi connectivity index (χ1v) is 20.1. The quantitative estimate of drug-likeness (QED) is 0.144. The number of halogens is 1. The molecule has 6 heterocycles. The summed E-state index contributed by atoms with van der Waals surface area (Å²) in [5.41, 5.74) is 6.17. The maximum Gasteiger partial charge on any atom is 0.407 e. The van der Waals surface area contributed by atoms with Gasteiger partial charge in [0.1, 0.15) is 23.8 Å². The predicted octanol–water partition coefficient (Wildman–Crippen LogP) is 8.94. The molecule has 3 aliphatic heterocycles. The zero-order valence-electron chi connectivity index (χ0n) is 32.0. The number of fused-ring (bicyclic) bond motifs is 4. The van der Waals surface area contributed by atoms with Crippen LogP contribution in [0.4, 0.5) is 15.0 Å². The number of ether oxygens (including phenoxy) is 3. The minimum absolute atomic E-state index is 0.0719. The molecule has 57 heavy (non-hydrogen) atoms. The van der Waals surface area contributed by atoms with Gasteiger partial charge in [-0.25, -0.2) is 13.9 Å². The zero-order valence-corrected chi connectivity index (χ0v) is 32.0. The average Bonchev–Trinajstić information content (AvgIpc) is 3.67. The van der Waals surface area contributed by atoms with Crippen molar-refractivity contribution in [2.75, 3.05) is 24.6 Å². The molecule has 0 spiro atoms. The summed E-state index contributed by atoms with van der Waals surface area (Å²) in [6, 6.07) is 15.5. The van der Waals surface area contributed by atoms with E-state index in [2.05, 4.69) is 22.9 Å². The molecule has 1 saturated carbocycles. The normalized spacial score (nSPS) is 20.5. The van der Waals surface area contributed by atoms with Crippen molar-refractivity contribution in [3.05, 3.63) is 95.2 Å². The van der Waals surface area contributed by atoms with E-state index in [-0.39, 0.29) is 42.7 Å². The summed E-state index contributed by atoms with van der Waals surface area (Å²) in [6.07, 6.45) is 10.2. The van der Waals surface area contributed by atoms with E-state index in [9.17, 15) is 9.90 Å². The lowest BCUT2D eigenvalue weighted by atomic mass is 9.88. The Morgan fingerprint density at radius 1 is 1.00 bits per heavy atom. The highest BCUT2D eigenvalue weighted by Gasteiger charge is 2.47. The van der Waals surface area contributed by atoms with Gasteiger partial charge in [-0.3, -0.25) is 4.98 Å². The molecule has 4 fully saturated rings. The molecule has 3 aromatic carbocycles. The molecule has 3 aromatic heterocycles. The van der Waals surface area contributed by atoms with E-state index >= 15 is 4.39 Å². The first-order valence-electron chi connectivity index (χ1n) is 20.1. The van der Waals surface area contributed by atoms with Crippen LogP contribution in [0.15, 0.2) is 67.1 Å². The maximum absolute atomic E-state index is 16.5. The minimum atomic E-state index is -0.908. The number of piperazine rings is 1. The van der Waals surface area contributed by atoms with E-state index in [0.29, 0.717) is 66.5 Å². The minimum Gasteiger partial charge on any atom is -0.486 e. The zero-order chi connectivity index (χ0) is 38.8. The van der Waals surface area contributed by atoms with Crippen molar-refractivity contribution in [1.82, 2.24) is 29.6 Å². The Morgan fingerprint density at radius 3 is 2.60 bits per heavy atom. The van der Waals surface area contributed by atoms with Gasteiger partial charge in [-0.1, -0.05) is 37.3 Å². The molecule has 4 aliphatic rings. The third-order valence-electron chi connectivity index (χ3n) is 12.2. The first kappa shape index (κ1) is 35.6. The molecule has 13 heteroatoms. The van der Waals surface area contributed by atoms with Crippen LogP contribution >= 0.6 is 0 Å². The number of hydrogen-bond donors (Lipinski definition) is 1. The molecule has 10 rings (SSSR count). The maximum atomic E-state index is 16.5. The van der Waals surface area contributed by atoms with Gasteiger partial charge in [-0.15, -0.1) is 0 Å². The van der Waals surface area contributed by atoms with Crippen LogP contribution in [0, 0.1) is 12.7 Å². The molecule has 1 unspecified atom stereocenters. The summed E-state index contributed by atoms with van der Waals surface area (Å²) >= 11 is 0. The lowest BCUT2D eigenvalue weighted by Gasteiger charge is -2.34. The molecule has 3 atom stereocenters. The van der Waals surface area contributed by atoms with E-state index < -0.39 is 6.09 Å². The molecular formula is C44H44FN7O5. The summed E-state index contributed by atoms with van der Waals surface area (Å²) in [4.78, 5) is 30.5. The second-order valence-electron chi connectivity index (χ2n) is 15.7. The van der Waals surface area contributed by atoms with Crippen molar-refractivity contribution >= 4 is 33.7 Å².